The van der Waals surface area contributed by atoms with Gasteiger partial charge in [0.2, 0.25) is 0 Å². The van der Waals surface area contributed by atoms with E-state index in [0.717, 1.165) is 17.4 Å². The first-order chi connectivity index (χ1) is 9.26. The van der Waals surface area contributed by atoms with Gasteiger partial charge in [-0.25, -0.2) is 0 Å². The van der Waals surface area contributed by atoms with E-state index in [1.807, 2.05) is 13.2 Å². The lowest BCUT2D eigenvalue weighted by Crippen LogP contribution is -2.33. The van der Waals surface area contributed by atoms with Gasteiger partial charge in [0.1, 0.15) is 0 Å². The van der Waals surface area contributed by atoms with E-state index in [1.165, 1.54) is 16.8 Å². The molecule has 2 atom stereocenters. The number of aromatic nitrogens is 2. The zero-order chi connectivity index (χ0) is 13.4. The van der Waals surface area contributed by atoms with Crippen molar-refractivity contribution in [2.45, 2.75) is 31.8 Å². The van der Waals surface area contributed by atoms with Crippen LogP contribution < -0.4 is 5.32 Å². The average Bonchev–Trinajstić information content (AvgIpc) is 2.77. The van der Waals surface area contributed by atoms with E-state index in [4.69, 9.17) is 0 Å². The van der Waals surface area contributed by atoms with Crippen LogP contribution in [0.1, 0.15) is 35.7 Å². The third-order valence-electron chi connectivity index (χ3n) is 4.04. The van der Waals surface area contributed by atoms with Crippen LogP contribution >= 0.6 is 15.9 Å². The molecule has 0 radical (unpaired) electrons. The number of fused-ring (bicyclic) bond motifs is 1. The van der Waals surface area contributed by atoms with Crippen LogP contribution in [0.15, 0.2) is 34.9 Å². The highest BCUT2D eigenvalue weighted by molar-refractivity contribution is 9.10. The highest BCUT2D eigenvalue weighted by Gasteiger charge is 2.35. The van der Waals surface area contributed by atoms with Crippen molar-refractivity contribution in [2.75, 3.05) is 7.05 Å². The molecule has 1 aromatic carbocycles. The Labute approximate surface area is 122 Å². The Kier molecular flexibility index (Phi) is 3.46. The summed E-state index contributed by atoms with van der Waals surface area (Å²) < 4.78 is 3.17. The normalized spacial score (nSPS) is 18.8. The van der Waals surface area contributed by atoms with Crippen molar-refractivity contribution in [3.8, 4) is 0 Å². The maximum Gasteiger partial charge on any atom is 0.0701 e. The second kappa shape index (κ2) is 5.10. The molecule has 4 heteroatoms. The summed E-state index contributed by atoms with van der Waals surface area (Å²) in [5.41, 5.74) is 4.20. The molecule has 19 heavy (non-hydrogen) atoms. The highest BCUT2D eigenvalue weighted by Crippen LogP contribution is 2.44. The smallest absolute Gasteiger partial charge is 0.0701 e. The fourth-order valence-electron chi connectivity index (χ4n) is 3.06. The van der Waals surface area contributed by atoms with Crippen molar-refractivity contribution in [2.24, 2.45) is 0 Å². The third-order valence-corrected chi connectivity index (χ3v) is 4.65. The summed E-state index contributed by atoms with van der Waals surface area (Å²) in [5.74, 6) is 0.541. The van der Waals surface area contributed by atoms with Crippen LogP contribution in [-0.2, 0) is 13.0 Å². The maximum atomic E-state index is 4.43. The molecule has 0 bridgehead atoms. The van der Waals surface area contributed by atoms with E-state index < -0.39 is 0 Å². The van der Waals surface area contributed by atoms with Crippen LogP contribution in [0.4, 0.5) is 0 Å². The molecule has 0 saturated carbocycles. The molecule has 0 aliphatic heterocycles. The Hall–Kier alpha value is -1.13. The lowest BCUT2D eigenvalue weighted by molar-refractivity contribution is 0.407. The fraction of sp³-hybridized carbons (Fsp3) is 0.400. The van der Waals surface area contributed by atoms with Gasteiger partial charge in [0, 0.05) is 12.5 Å². The second-order valence-corrected chi connectivity index (χ2v) is 5.82. The maximum absolute atomic E-state index is 4.43. The fourth-order valence-corrected chi connectivity index (χ4v) is 3.60. The molecule has 0 fully saturated rings. The number of likely N-dealkylation sites (N-methyl/N-ethyl adjacent to an activating group) is 1. The summed E-state index contributed by atoms with van der Waals surface area (Å²) in [4.78, 5) is 0. The molecule has 2 unspecified atom stereocenters. The molecular formula is C15H18BrN3. The molecular weight excluding hydrogens is 302 g/mol. The Balaban J connectivity index is 1.97. The Bertz CT molecular complexity index is 591. The first-order valence-electron chi connectivity index (χ1n) is 6.72. The lowest BCUT2D eigenvalue weighted by Gasteiger charge is -2.36. The minimum absolute atomic E-state index is 0.312. The van der Waals surface area contributed by atoms with E-state index in [1.54, 1.807) is 0 Å². The molecule has 3 nitrogen and oxygen atoms in total. The van der Waals surface area contributed by atoms with E-state index in [2.05, 4.69) is 62.2 Å². The number of benzene rings is 1. The predicted molar refractivity (Wildman–Crippen MR) is 80.3 cm³/mol. The average molecular weight is 320 g/mol. The molecule has 100 valence electrons. The van der Waals surface area contributed by atoms with Gasteiger partial charge in [0.15, 0.2) is 0 Å². The van der Waals surface area contributed by atoms with Crippen LogP contribution in [0, 0.1) is 0 Å². The zero-order valence-electron chi connectivity index (χ0n) is 11.2. The standard InChI is InChI=1S/C15H18BrN3/c1-3-19-15(13(16)9-18-19)14(17-2)12-8-10-6-4-5-7-11(10)12/h4-7,9,12,14,17H,3,8H2,1-2H3. The van der Waals surface area contributed by atoms with Crippen LogP contribution in [0.5, 0.6) is 0 Å². The molecule has 0 amide bonds. The largest absolute Gasteiger partial charge is 0.311 e. The van der Waals surface area contributed by atoms with Gasteiger partial charge < -0.3 is 5.32 Å². The first-order valence-corrected chi connectivity index (χ1v) is 7.51. The summed E-state index contributed by atoms with van der Waals surface area (Å²) in [6, 6.07) is 9.03. The minimum atomic E-state index is 0.312. The van der Waals surface area contributed by atoms with Gasteiger partial charge in [-0.15, -0.1) is 0 Å². The number of nitrogens with one attached hydrogen (secondary N) is 1. The van der Waals surface area contributed by atoms with Gasteiger partial charge in [-0.1, -0.05) is 24.3 Å². The van der Waals surface area contributed by atoms with E-state index in [0.29, 0.717) is 12.0 Å². The van der Waals surface area contributed by atoms with Crippen molar-refractivity contribution in [3.05, 3.63) is 51.8 Å². The summed E-state index contributed by atoms with van der Waals surface area (Å²) in [6.07, 6.45) is 3.04. The molecule has 1 aliphatic rings. The molecule has 1 N–H and O–H groups in total. The molecule has 1 heterocycles. The molecule has 0 saturated heterocycles. The van der Waals surface area contributed by atoms with Crippen molar-refractivity contribution >= 4 is 15.9 Å². The van der Waals surface area contributed by atoms with Gasteiger partial charge in [-0.05, 0) is 47.4 Å². The molecule has 2 aromatic rings. The topological polar surface area (TPSA) is 29.9 Å². The van der Waals surface area contributed by atoms with Crippen LogP contribution in [0.2, 0.25) is 0 Å². The molecule has 3 rings (SSSR count). The number of hydrogen-bond acceptors (Lipinski definition) is 2. The van der Waals surface area contributed by atoms with Crippen molar-refractivity contribution in [1.82, 2.24) is 15.1 Å². The molecule has 1 aliphatic carbocycles. The third kappa shape index (κ3) is 2.03. The predicted octanol–water partition coefficient (Wildman–Crippen LogP) is 3.27. The van der Waals surface area contributed by atoms with Gasteiger partial charge in [0.25, 0.3) is 0 Å². The summed E-state index contributed by atoms with van der Waals surface area (Å²) >= 11 is 3.64. The number of rotatable bonds is 4. The van der Waals surface area contributed by atoms with Crippen LogP contribution in [-0.4, -0.2) is 16.8 Å². The SMILES string of the molecule is CCn1ncc(Br)c1C(NC)C1Cc2ccccc21. The molecule has 0 spiro atoms. The summed E-state index contributed by atoms with van der Waals surface area (Å²) in [7, 11) is 2.03. The Morgan fingerprint density at radius 3 is 2.95 bits per heavy atom. The zero-order valence-corrected chi connectivity index (χ0v) is 12.8. The van der Waals surface area contributed by atoms with E-state index >= 15 is 0 Å². The Morgan fingerprint density at radius 1 is 1.47 bits per heavy atom. The number of aryl methyl sites for hydroxylation is 1. The molecule has 1 aromatic heterocycles. The van der Waals surface area contributed by atoms with E-state index in [-0.39, 0.29) is 0 Å². The quantitative estimate of drug-likeness (QED) is 0.937. The van der Waals surface area contributed by atoms with Gasteiger partial charge in [-0.3, -0.25) is 4.68 Å². The van der Waals surface area contributed by atoms with Gasteiger partial charge in [-0.2, -0.15) is 5.10 Å². The number of hydrogen-bond donors (Lipinski definition) is 1. The van der Waals surface area contributed by atoms with Crippen molar-refractivity contribution in [1.29, 1.82) is 0 Å². The van der Waals surface area contributed by atoms with Crippen molar-refractivity contribution < 1.29 is 0 Å². The summed E-state index contributed by atoms with van der Waals surface area (Å²) in [5, 5.41) is 7.90. The van der Waals surface area contributed by atoms with Crippen molar-refractivity contribution in [3.63, 3.8) is 0 Å². The monoisotopic (exact) mass is 319 g/mol. The van der Waals surface area contributed by atoms with Crippen LogP contribution in [0.25, 0.3) is 0 Å². The van der Waals surface area contributed by atoms with Gasteiger partial charge in [0.05, 0.1) is 22.4 Å². The number of nitrogens with zero attached hydrogens (tertiary/aromatic N) is 2. The Morgan fingerprint density at radius 2 is 2.26 bits per heavy atom. The van der Waals surface area contributed by atoms with Gasteiger partial charge >= 0.3 is 0 Å². The minimum Gasteiger partial charge on any atom is -0.311 e. The lowest BCUT2D eigenvalue weighted by atomic mass is 9.72. The first kappa shape index (κ1) is 12.9. The second-order valence-electron chi connectivity index (χ2n) is 4.97. The van der Waals surface area contributed by atoms with E-state index in [9.17, 15) is 0 Å². The summed E-state index contributed by atoms with van der Waals surface area (Å²) in [6.45, 7) is 3.03. The number of halogens is 1. The highest BCUT2D eigenvalue weighted by atomic mass is 79.9. The van der Waals surface area contributed by atoms with Crippen LogP contribution in [0.3, 0.4) is 0 Å².